The van der Waals surface area contributed by atoms with Crippen molar-refractivity contribution in [2.75, 3.05) is 19.6 Å². The molecule has 126 valence electrons. The minimum atomic E-state index is -0.624. The first-order valence-corrected chi connectivity index (χ1v) is 8.94. The molecule has 23 heavy (non-hydrogen) atoms. The van der Waals surface area contributed by atoms with E-state index in [-0.39, 0.29) is 17.8 Å². The predicted octanol–water partition coefficient (Wildman–Crippen LogP) is 3.24. The van der Waals surface area contributed by atoms with Gasteiger partial charge in [-0.05, 0) is 51.3 Å². The van der Waals surface area contributed by atoms with E-state index in [0.717, 1.165) is 38.9 Å². The van der Waals surface area contributed by atoms with Crippen molar-refractivity contribution >= 4 is 5.91 Å². The number of carbonyl (C=O) groups excluding carboxylic acids is 1. The molecule has 1 aliphatic carbocycles. The summed E-state index contributed by atoms with van der Waals surface area (Å²) in [7, 11) is 0. The molecule has 1 aromatic carbocycles. The molecular formula is C19H27FN2O. The van der Waals surface area contributed by atoms with Gasteiger partial charge in [-0.3, -0.25) is 4.79 Å². The largest absolute Gasteiger partial charge is 0.351 e. The molecule has 1 aliphatic heterocycles. The third-order valence-electron chi connectivity index (χ3n) is 5.33. The van der Waals surface area contributed by atoms with Crippen LogP contribution in [0.3, 0.4) is 0 Å². The van der Waals surface area contributed by atoms with Gasteiger partial charge in [0.15, 0.2) is 0 Å². The molecule has 0 radical (unpaired) electrons. The number of benzene rings is 1. The van der Waals surface area contributed by atoms with Crippen LogP contribution in [0.25, 0.3) is 0 Å². The first-order chi connectivity index (χ1) is 11.2. The third-order valence-corrected chi connectivity index (χ3v) is 5.33. The number of likely N-dealkylation sites (tertiary alicyclic amines) is 1. The molecule has 1 saturated carbocycles. The van der Waals surface area contributed by atoms with Crippen LogP contribution in [0.2, 0.25) is 0 Å². The van der Waals surface area contributed by atoms with Crippen molar-refractivity contribution in [1.82, 2.24) is 10.2 Å². The lowest BCUT2D eigenvalue weighted by molar-refractivity contribution is -0.124. The van der Waals surface area contributed by atoms with Gasteiger partial charge in [0, 0.05) is 18.2 Å². The van der Waals surface area contributed by atoms with E-state index < -0.39 is 5.41 Å². The summed E-state index contributed by atoms with van der Waals surface area (Å²) < 4.78 is 14.1. The second-order valence-corrected chi connectivity index (χ2v) is 7.00. The Bertz CT molecular complexity index is 550. The van der Waals surface area contributed by atoms with Gasteiger partial charge < -0.3 is 10.2 Å². The molecule has 0 aromatic heterocycles. The molecular weight excluding hydrogens is 291 g/mol. The molecule has 1 saturated heterocycles. The second-order valence-electron chi connectivity index (χ2n) is 7.00. The van der Waals surface area contributed by atoms with Crippen molar-refractivity contribution in [3.8, 4) is 0 Å². The quantitative estimate of drug-likeness (QED) is 0.873. The van der Waals surface area contributed by atoms with Crippen LogP contribution in [0.5, 0.6) is 0 Å². The zero-order valence-corrected chi connectivity index (χ0v) is 14.0. The number of nitrogens with zero attached hydrogens (tertiary/aromatic N) is 1. The number of rotatable bonds is 6. The van der Waals surface area contributed by atoms with Crippen LogP contribution < -0.4 is 5.32 Å². The molecule has 3 rings (SSSR count). The first-order valence-electron chi connectivity index (χ1n) is 8.94. The number of halogens is 1. The number of nitrogens with one attached hydrogen (secondary N) is 1. The topological polar surface area (TPSA) is 32.3 Å². The second kappa shape index (κ2) is 7.00. The average Bonchev–Trinajstić information content (AvgIpc) is 3.37. The highest BCUT2D eigenvalue weighted by Crippen LogP contribution is 2.49. The van der Waals surface area contributed by atoms with Gasteiger partial charge in [-0.2, -0.15) is 0 Å². The van der Waals surface area contributed by atoms with E-state index in [9.17, 15) is 9.18 Å². The summed E-state index contributed by atoms with van der Waals surface area (Å²) in [5.41, 5.74) is -0.0639. The Balaban J connectivity index is 1.64. The molecule has 0 spiro atoms. The van der Waals surface area contributed by atoms with E-state index in [1.54, 1.807) is 12.1 Å². The van der Waals surface area contributed by atoms with Crippen LogP contribution in [0, 0.1) is 5.82 Å². The highest BCUT2D eigenvalue weighted by atomic mass is 19.1. The molecule has 0 unspecified atom stereocenters. The summed E-state index contributed by atoms with van der Waals surface area (Å²) in [5.74, 6) is -0.254. The standard InChI is InChI=1S/C19H27FN2O/c1-2-15(14-22-12-6-3-7-13-22)21-18(23)19(10-11-19)16-8-4-5-9-17(16)20/h4-5,8-9,15H,2-3,6-7,10-14H2,1H3,(H,21,23)/t15-/m0/s1. The number of hydrogen-bond acceptors (Lipinski definition) is 2. The molecule has 3 nitrogen and oxygen atoms in total. The Morgan fingerprint density at radius 2 is 1.96 bits per heavy atom. The van der Waals surface area contributed by atoms with E-state index in [1.807, 2.05) is 6.07 Å². The molecule has 1 heterocycles. The van der Waals surface area contributed by atoms with Gasteiger partial charge in [-0.25, -0.2) is 4.39 Å². The lowest BCUT2D eigenvalue weighted by Crippen LogP contribution is -2.48. The van der Waals surface area contributed by atoms with Crippen LogP contribution in [0.1, 0.15) is 51.0 Å². The molecule has 1 aromatic rings. The number of piperidine rings is 1. The van der Waals surface area contributed by atoms with Crippen LogP contribution in [0.15, 0.2) is 24.3 Å². The Hall–Kier alpha value is -1.42. The van der Waals surface area contributed by atoms with Gasteiger partial charge in [-0.15, -0.1) is 0 Å². The molecule has 1 amide bonds. The summed E-state index contributed by atoms with van der Waals surface area (Å²) in [6.07, 6.45) is 6.23. The first kappa shape index (κ1) is 16.4. The highest BCUT2D eigenvalue weighted by molar-refractivity contribution is 5.91. The summed E-state index contributed by atoms with van der Waals surface area (Å²) >= 11 is 0. The zero-order chi connectivity index (χ0) is 16.3. The fraction of sp³-hybridized carbons (Fsp3) is 0.632. The van der Waals surface area contributed by atoms with Gasteiger partial charge in [0.05, 0.1) is 5.41 Å². The normalized spacial score (nSPS) is 21.7. The maximum absolute atomic E-state index is 14.1. The van der Waals surface area contributed by atoms with E-state index in [0.29, 0.717) is 5.56 Å². The number of hydrogen-bond donors (Lipinski definition) is 1. The van der Waals surface area contributed by atoms with Crippen LogP contribution >= 0.6 is 0 Å². The summed E-state index contributed by atoms with van der Waals surface area (Å²) in [6.45, 7) is 5.28. The number of amides is 1. The minimum Gasteiger partial charge on any atom is -0.351 e. The maximum Gasteiger partial charge on any atom is 0.231 e. The molecule has 4 heteroatoms. The Labute approximate surface area is 138 Å². The smallest absolute Gasteiger partial charge is 0.231 e. The monoisotopic (exact) mass is 318 g/mol. The summed E-state index contributed by atoms with van der Waals surface area (Å²) in [6, 6.07) is 6.86. The van der Waals surface area contributed by atoms with E-state index >= 15 is 0 Å². The molecule has 2 aliphatic rings. The Morgan fingerprint density at radius 3 is 2.57 bits per heavy atom. The van der Waals surface area contributed by atoms with Crippen molar-refractivity contribution in [2.45, 2.75) is 56.9 Å². The molecule has 0 bridgehead atoms. The summed E-state index contributed by atoms with van der Waals surface area (Å²) in [4.78, 5) is 15.2. The molecule has 2 fully saturated rings. The highest BCUT2D eigenvalue weighted by Gasteiger charge is 2.52. The van der Waals surface area contributed by atoms with Crippen LogP contribution in [-0.2, 0) is 10.2 Å². The predicted molar refractivity (Wildman–Crippen MR) is 89.8 cm³/mol. The molecule has 1 N–H and O–H groups in total. The molecule has 1 atom stereocenters. The minimum absolute atomic E-state index is 0.00598. The van der Waals surface area contributed by atoms with Gasteiger partial charge in [-0.1, -0.05) is 31.5 Å². The van der Waals surface area contributed by atoms with E-state index in [4.69, 9.17) is 0 Å². The van der Waals surface area contributed by atoms with Crippen molar-refractivity contribution < 1.29 is 9.18 Å². The van der Waals surface area contributed by atoms with Gasteiger partial charge in [0.2, 0.25) is 5.91 Å². The van der Waals surface area contributed by atoms with Crippen LogP contribution in [-0.4, -0.2) is 36.5 Å². The fourth-order valence-electron chi connectivity index (χ4n) is 3.65. The van der Waals surface area contributed by atoms with Gasteiger partial charge in [0.25, 0.3) is 0 Å². The van der Waals surface area contributed by atoms with Crippen molar-refractivity contribution in [3.63, 3.8) is 0 Å². The van der Waals surface area contributed by atoms with Crippen molar-refractivity contribution in [2.24, 2.45) is 0 Å². The lowest BCUT2D eigenvalue weighted by Gasteiger charge is -2.31. The van der Waals surface area contributed by atoms with Gasteiger partial charge >= 0.3 is 0 Å². The zero-order valence-electron chi connectivity index (χ0n) is 14.0. The van der Waals surface area contributed by atoms with Crippen molar-refractivity contribution in [3.05, 3.63) is 35.6 Å². The number of carbonyl (C=O) groups is 1. The Kier molecular flexibility index (Phi) is 5.00. The van der Waals surface area contributed by atoms with Crippen molar-refractivity contribution in [1.29, 1.82) is 0 Å². The maximum atomic E-state index is 14.1. The third kappa shape index (κ3) is 3.57. The lowest BCUT2D eigenvalue weighted by atomic mass is 9.94. The summed E-state index contributed by atoms with van der Waals surface area (Å²) in [5, 5.41) is 3.20. The Morgan fingerprint density at radius 1 is 1.26 bits per heavy atom. The SMILES string of the molecule is CC[C@@H](CN1CCCCC1)NC(=O)C1(c2ccccc2F)CC1. The van der Waals surface area contributed by atoms with E-state index in [2.05, 4.69) is 17.1 Å². The fourth-order valence-corrected chi connectivity index (χ4v) is 3.65. The van der Waals surface area contributed by atoms with Gasteiger partial charge in [0.1, 0.15) is 5.82 Å². The average molecular weight is 318 g/mol. The van der Waals surface area contributed by atoms with Crippen LogP contribution in [0.4, 0.5) is 4.39 Å². The van der Waals surface area contributed by atoms with E-state index in [1.165, 1.54) is 25.3 Å².